The van der Waals surface area contributed by atoms with Crippen LogP contribution >= 0.6 is 23.2 Å². The molecule has 0 spiro atoms. The minimum atomic E-state index is -0.110. The summed E-state index contributed by atoms with van der Waals surface area (Å²) in [5, 5.41) is 0.697. The smallest absolute Gasteiger partial charge is 0.246 e. The summed E-state index contributed by atoms with van der Waals surface area (Å²) in [4.78, 5) is 27.7. The van der Waals surface area contributed by atoms with Gasteiger partial charge in [-0.15, -0.1) is 0 Å². The van der Waals surface area contributed by atoms with Crippen LogP contribution in [0.4, 0.5) is 0 Å². The van der Waals surface area contributed by atoms with Crippen molar-refractivity contribution in [2.45, 2.75) is 26.7 Å². The predicted molar refractivity (Wildman–Crippen MR) is 123 cm³/mol. The molecule has 0 N–H and O–H groups in total. The molecule has 2 aromatic rings. The Hall–Kier alpha value is -2.30. The van der Waals surface area contributed by atoms with Crippen molar-refractivity contribution >= 4 is 41.1 Å². The zero-order chi connectivity index (χ0) is 21.8. The summed E-state index contributed by atoms with van der Waals surface area (Å²) < 4.78 is 0. The van der Waals surface area contributed by atoms with Gasteiger partial charge in [-0.25, -0.2) is 0 Å². The van der Waals surface area contributed by atoms with Crippen LogP contribution in [-0.2, 0) is 9.59 Å². The lowest BCUT2D eigenvalue weighted by atomic mass is 9.90. The van der Waals surface area contributed by atoms with E-state index in [0.29, 0.717) is 47.7 Å². The number of carbonyl (C=O) groups excluding carboxylic acids is 2. The van der Waals surface area contributed by atoms with Crippen LogP contribution in [0.2, 0.25) is 10.0 Å². The first kappa shape index (κ1) is 22.4. The van der Waals surface area contributed by atoms with Crippen molar-refractivity contribution in [1.29, 1.82) is 0 Å². The van der Waals surface area contributed by atoms with Crippen LogP contribution in [-0.4, -0.2) is 47.8 Å². The second-order valence-electron chi connectivity index (χ2n) is 7.65. The molecular weight excluding hydrogens is 419 g/mol. The molecule has 2 amide bonds. The van der Waals surface area contributed by atoms with Gasteiger partial charge in [-0.1, -0.05) is 61.3 Å². The fourth-order valence-corrected chi connectivity index (χ4v) is 4.02. The summed E-state index contributed by atoms with van der Waals surface area (Å²) in [6.07, 6.45) is 3.26. The number of rotatable bonds is 4. The second kappa shape index (κ2) is 9.67. The van der Waals surface area contributed by atoms with Crippen LogP contribution < -0.4 is 0 Å². The molecule has 0 unspecified atom stereocenters. The molecule has 3 rings (SSSR count). The lowest BCUT2D eigenvalue weighted by Crippen LogP contribution is -2.49. The Kier molecular flexibility index (Phi) is 7.22. The second-order valence-corrected chi connectivity index (χ2v) is 8.41. The van der Waals surface area contributed by atoms with E-state index in [4.69, 9.17) is 23.2 Å². The molecule has 30 heavy (non-hydrogen) atoms. The number of carbonyl (C=O) groups is 2. The van der Waals surface area contributed by atoms with Gasteiger partial charge in [0.25, 0.3) is 0 Å². The van der Waals surface area contributed by atoms with Crippen molar-refractivity contribution < 1.29 is 9.59 Å². The van der Waals surface area contributed by atoms with E-state index in [1.54, 1.807) is 22.8 Å². The number of piperazine rings is 1. The molecule has 2 aromatic carbocycles. The van der Waals surface area contributed by atoms with Crippen molar-refractivity contribution in [3.05, 3.63) is 63.6 Å². The van der Waals surface area contributed by atoms with Gasteiger partial charge in [-0.3, -0.25) is 9.59 Å². The Bertz CT molecular complexity index is 977. The van der Waals surface area contributed by atoms with Crippen LogP contribution in [0.15, 0.2) is 36.4 Å². The van der Waals surface area contributed by atoms with Crippen LogP contribution in [0, 0.1) is 6.07 Å². The number of amides is 2. The third-order valence-electron chi connectivity index (χ3n) is 5.36. The van der Waals surface area contributed by atoms with Gasteiger partial charge in [0, 0.05) is 50.8 Å². The normalized spacial score (nSPS) is 14.6. The summed E-state index contributed by atoms with van der Waals surface area (Å²) in [5.41, 5.74) is 3.82. The summed E-state index contributed by atoms with van der Waals surface area (Å²) in [6, 6.07) is 13.0. The van der Waals surface area contributed by atoms with Crippen LogP contribution in [0.5, 0.6) is 0 Å². The molecule has 1 aliphatic rings. The van der Waals surface area contributed by atoms with Gasteiger partial charge < -0.3 is 9.80 Å². The van der Waals surface area contributed by atoms with Crippen molar-refractivity contribution in [2.75, 3.05) is 26.2 Å². The Labute approximate surface area is 188 Å². The Morgan fingerprint density at radius 2 is 1.67 bits per heavy atom. The molecule has 157 valence electrons. The van der Waals surface area contributed by atoms with E-state index in [0.717, 1.165) is 11.1 Å². The van der Waals surface area contributed by atoms with Gasteiger partial charge in [0.2, 0.25) is 11.8 Å². The van der Waals surface area contributed by atoms with Crippen LogP contribution in [0.3, 0.4) is 0 Å². The molecule has 1 fully saturated rings. The summed E-state index contributed by atoms with van der Waals surface area (Å²) in [7, 11) is 0. The van der Waals surface area contributed by atoms with E-state index in [9.17, 15) is 9.59 Å². The maximum atomic E-state index is 12.7. The molecule has 1 heterocycles. The van der Waals surface area contributed by atoms with Gasteiger partial charge in [0.05, 0.1) is 10.0 Å². The third kappa shape index (κ3) is 4.88. The average Bonchev–Trinajstić information content (AvgIpc) is 2.74. The molecule has 0 saturated carbocycles. The van der Waals surface area contributed by atoms with Gasteiger partial charge in [-0.2, -0.15) is 0 Å². The molecule has 1 radical (unpaired) electrons. The van der Waals surface area contributed by atoms with Gasteiger partial charge in [0.1, 0.15) is 0 Å². The zero-order valence-corrected chi connectivity index (χ0v) is 18.9. The van der Waals surface area contributed by atoms with Gasteiger partial charge in [0.15, 0.2) is 0 Å². The van der Waals surface area contributed by atoms with E-state index in [1.807, 2.05) is 24.3 Å². The van der Waals surface area contributed by atoms with Crippen LogP contribution in [0.1, 0.15) is 37.8 Å². The molecule has 1 aliphatic heterocycles. The van der Waals surface area contributed by atoms with E-state index in [1.165, 1.54) is 11.6 Å². The standard InChI is InChI=1S/C24H25Cl2N2O2/c1-16(2)18-6-4-5-7-19(18)20-8-10-22(25)24(26)21(20)9-11-23(30)28-14-12-27(13-15-28)17(3)29/h4-9,11,16H,12-15H2,1-3H3/b11-9+. The van der Waals surface area contributed by atoms with Crippen LogP contribution in [0.25, 0.3) is 17.2 Å². The fourth-order valence-electron chi connectivity index (χ4n) is 3.65. The lowest BCUT2D eigenvalue weighted by molar-refractivity contribution is -0.135. The predicted octanol–water partition coefficient (Wildman–Crippen LogP) is 5.29. The van der Waals surface area contributed by atoms with E-state index in [2.05, 4.69) is 26.0 Å². The minimum Gasteiger partial charge on any atom is -0.339 e. The lowest BCUT2D eigenvalue weighted by Gasteiger charge is -2.33. The molecule has 1 saturated heterocycles. The Morgan fingerprint density at radius 3 is 2.30 bits per heavy atom. The summed E-state index contributed by atoms with van der Waals surface area (Å²) in [5.74, 6) is 0.251. The Morgan fingerprint density at radius 1 is 1.03 bits per heavy atom. The maximum absolute atomic E-state index is 12.7. The monoisotopic (exact) mass is 443 g/mol. The fraction of sp³-hybridized carbons (Fsp3) is 0.333. The first-order chi connectivity index (χ1) is 14.3. The first-order valence-electron chi connectivity index (χ1n) is 10.0. The highest BCUT2D eigenvalue weighted by molar-refractivity contribution is 6.43. The molecule has 0 aromatic heterocycles. The number of nitrogens with zero attached hydrogens (tertiary/aromatic N) is 2. The van der Waals surface area contributed by atoms with Gasteiger partial charge in [-0.05, 0) is 34.8 Å². The quantitative estimate of drug-likeness (QED) is 0.602. The average molecular weight is 444 g/mol. The highest BCUT2D eigenvalue weighted by atomic mass is 35.5. The SMILES string of the molecule is CC(=O)N1CCN(C(=O)/C=C/c2c(-c3ccccc3C(C)C)c[c]c(Cl)c2Cl)CC1. The number of hydrogen-bond donors (Lipinski definition) is 0. The molecule has 0 aliphatic carbocycles. The molecule has 0 atom stereocenters. The van der Waals surface area contributed by atoms with E-state index in [-0.39, 0.29) is 11.8 Å². The highest BCUT2D eigenvalue weighted by Gasteiger charge is 2.21. The first-order valence-corrected chi connectivity index (χ1v) is 10.8. The van der Waals surface area contributed by atoms with Crippen molar-refractivity contribution in [3.8, 4) is 11.1 Å². The highest BCUT2D eigenvalue weighted by Crippen LogP contribution is 2.38. The zero-order valence-electron chi connectivity index (χ0n) is 17.4. The molecule has 0 bridgehead atoms. The summed E-state index contributed by atoms with van der Waals surface area (Å²) in [6.45, 7) is 7.96. The maximum Gasteiger partial charge on any atom is 0.246 e. The third-order valence-corrected chi connectivity index (χ3v) is 6.15. The van der Waals surface area contributed by atoms with Crippen molar-refractivity contribution in [2.24, 2.45) is 0 Å². The largest absolute Gasteiger partial charge is 0.339 e. The minimum absolute atomic E-state index is 0.0352. The molecular formula is C24H25Cl2N2O2. The van der Waals surface area contributed by atoms with Crippen molar-refractivity contribution in [3.63, 3.8) is 0 Å². The van der Waals surface area contributed by atoms with Gasteiger partial charge >= 0.3 is 0 Å². The Balaban J connectivity index is 1.90. The van der Waals surface area contributed by atoms with E-state index < -0.39 is 0 Å². The molecule has 4 nitrogen and oxygen atoms in total. The number of benzene rings is 2. The van der Waals surface area contributed by atoms with Crippen molar-refractivity contribution in [1.82, 2.24) is 9.80 Å². The number of halogens is 2. The number of hydrogen-bond acceptors (Lipinski definition) is 2. The van der Waals surface area contributed by atoms with E-state index >= 15 is 0 Å². The summed E-state index contributed by atoms with van der Waals surface area (Å²) >= 11 is 12.8. The molecule has 6 heteroatoms. The topological polar surface area (TPSA) is 40.6 Å².